The number of benzene rings is 2. The van der Waals surface area contributed by atoms with Crippen LogP contribution < -0.4 is 16.0 Å². The Labute approximate surface area is 199 Å². The van der Waals surface area contributed by atoms with Crippen molar-refractivity contribution in [1.82, 2.24) is 15.1 Å². The number of aliphatic imine (C=N–C) groups is 1. The molecular weight excluding hydrogens is 470 g/mol. The highest BCUT2D eigenvalue weighted by molar-refractivity contribution is 6.31. The Morgan fingerprint density at radius 1 is 1.24 bits per heavy atom. The SMILES string of the molecule is CN1C(=O)C[C@@](C)(c2ccc(F)c(C3(N(C)C)Nc4ccc(Cl)cc4N3)c2F)N=C1NC(=O)O. The zero-order valence-corrected chi connectivity index (χ0v) is 19.6. The van der Waals surface area contributed by atoms with E-state index in [4.69, 9.17) is 16.7 Å². The smallest absolute Gasteiger partial charge is 0.411 e. The minimum absolute atomic E-state index is 0.0612. The van der Waals surface area contributed by atoms with Crippen LogP contribution in [0.1, 0.15) is 24.5 Å². The lowest BCUT2D eigenvalue weighted by atomic mass is 9.85. The van der Waals surface area contributed by atoms with E-state index in [0.717, 1.165) is 11.0 Å². The van der Waals surface area contributed by atoms with Crippen molar-refractivity contribution in [2.45, 2.75) is 24.7 Å². The number of rotatable bonds is 3. The number of carboxylic acid groups (broad SMARTS) is 1. The Morgan fingerprint density at radius 2 is 1.91 bits per heavy atom. The summed E-state index contributed by atoms with van der Waals surface area (Å²) in [5.41, 5.74) is -0.742. The van der Waals surface area contributed by atoms with E-state index in [0.29, 0.717) is 16.4 Å². The van der Waals surface area contributed by atoms with Crippen molar-refractivity contribution < 1.29 is 23.5 Å². The van der Waals surface area contributed by atoms with E-state index in [1.807, 2.05) is 0 Å². The molecule has 1 unspecified atom stereocenters. The summed E-state index contributed by atoms with van der Waals surface area (Å²) in [7, 11) is 4.65. The Balaban J connectivity index is 1.88. The predicted octanol–water partition coefficient (Wildman–Crippen LogP) is 3.53. The van der Waals surface area contributed by atoms with Crippen LogP contribution in [0.15, 0.2) is 35.3 Å². The van der Waals surface area contributed by atoms with Gasteiger partial charge in [-0.2, -0.15) is 0 Å². The topological polar surface area (TPSA) is 109 Å². The Bertz CT molecular complexity index is 1240. The molecule has 2 aromatic carbocycles. The van der Waals surface area contributed by atoms with Crippen molar-refractivity contribution in [2.24, 2.45) is 4.99 Å². The molecule has 0 aromatic heterocycles. The number of fused-ring (bicyclic) bond motifs is 1. The van der Waals surface area contributed by atoms with E-state index in [1.54, 1.807) is 37.2 Å². The summed E-state index contributed by atoms with van der Waals surface area (Å²) in [4.78, 5) is 30.7. The molecule has 9 nitrogen and oxygen atoms in total. The normalized spacial score (nSPS) is 23.8. The van der Waals surface area contributed by atoms with Gasteiger partial charge in [-0.25, -0.2) is 18.6 Å². The van der Waals surface area contributed by atoms with Crippen LogP contribution in [0, 0.1) is 11.6 Å². The molecule has 0 spiro atoms. The minimum Gasteiger partial charge on any atom is -0.465 e. The maximum absolute atomic E-state index is 16.2. The molecule has 0 radical (unpaired) electrons. The summed E-state index contributed by atoms with van der Waals surface area (Å²) in [5.74, 6) is -4.00. The Morgan fingerprint density at radius 3 is 2.56 bits per heavy atom. The van der Waals surface area contributed by atoms with Gasteiger partial charge in [-0.1, -0.05) is 17.7 Å². The molecule has 12 heteroatoms. The van der Waals surface area contributed by atoms with E-state index in [-0.39, 0.29) is 23.5 Å². The lowest BCUT2D eigenvalue weighted by molar-refractivity contribution is -0.128. The number of hydrogen-bond acceptors (Lipinski definition) is 6. The fourth-order valence-electron chi connectivity index (χ4n) is 4.26. The number of guanidine groups is 1. The molecule has 2 aliphatic heterocycles. The molecule has 180 valence electrons. The number of hydrogen-bond donors (Lipinski definition) is 4. The van der Waals surface area contributed by atoms with Crippen LogP contribution in [0.25, 0.3) is 0 Å². The molecule has 2 amide bonds. The first kappa shape index (κ1) is 23.7. The monoisotopic (exact) mass is 492 g/mol. The molecule has 0 bridgehead atoms. The molecule has 0 saturated heterocycles. The standard InChI is InChI=1S/C22H23ClF2N6O3/c1-21(10-16(32)31(4)19(29-21)26-20(33)34)12-6-7-13(24)17(18(12)25)22(30(2)3)27-14-8-5-11(23)9-15(14)28-22/h5-9,27-28H,10H2,1-4H3,(H,26,29)(H,33,34)/t21-,22?/m0/s1. The molecule has 2 aromatic rings. The van der Waals surface area contributed by atoms with Gasteiger partial charge in [0.15, 0.2) is 5.79 Å². The molecule has 34 heavy (non-hydrogen) atoms. The van der Waals surface area contributed by atoms with Crippen molar-refractivity contribution in [3.8, 4) is 0 Å². The fraction of sp³-hybridized carbons (Fsp3) is 0.318. The lowest BCUT2D eigenvalue weighted by Gasteiger charge is -2.40. The van der Waals surface area contributed by atoms with Gasteiger partial charge in [0.2, 0.25) is 11.9 Å². The van der Waals surface area contributed by atoms with Crippen molar-refractivity contribution in [3.63, 3.8) is 0 Å². The minimum atomic E-state index is -1.52. The van der Waals surface area contributed by atoms with Crippen LogP contribution in [-0.2, 0) is 16.1 Å². The van der Waals surface area contributed by atoms with Crippen LogP contribution in [0.2, 0.25) is 5.02 Å². The second kappa shape index (κ2) is 8.10. The Hall–Kier alpha value is -3.44. The molecule has 2 aliphatic rings. The summed E-state index contributed by atoms with van der Waals surface area (Å²) in [6.45, 7) is 1.49. The van der Waals surface area contributed by atoms with Gasteiger partial charge in [-0.05, 0) is 45.3 Å². The average molecular weight is 493 g/mol. The van der Waals surface area contributed by atoms with Gasteiger partial charge in [0.1, 0.15) is 11.6 Å². The summed E-state index contributed by atoms with van der Waals surface area (Å²) < 4.78 is 31.5. The zero-order valence-electron chi connectivity index (χ0n) is 18.8. The molecule has 0 fully saturated rings. The van der Waals surface area contributed by atoms with Crippen molar-refractivity contribution in [3.05, 3.63) is 58.1 Å². The third-order valence-electron chi connectivity index (χ3n) is 6.08. The van der Waals surface area contributed by atoms with E-state index >= 15 is 8.78 Å². The summed E-state index contributed by atoms with van der Waals surface area (Å²) >= 11 is 6.10. The molecule has 2 heterocycles. The third kappa shape index (κ3) is 3.70. The number of nitrogens with one attached hydrogen (secondary N) is 3. The maximum Gasteiger partial charge on any atom is 0.411 e. The first-order chi connectivity index (χ1) is 15.9. The largest absolute Gasteiger partial charge is 0.465 e. The number of amides is 2. The molecule has 0 saturated carbocycles. The van der Waals surface area contributed by atoms with Gasteiger partial charge in [0, 0.05) is 17.6 Å². The van der Waals surface area contributed by atoms with Crippen LogP contribution >= 0.6 is 11.6 Å². The van der Waals surface area contributed by atoms with Gasteiger partial charge in [-0.3, -0.25) is 19.9 Å². The summed E-state index contributed by atoms with van der Waals surface area (Å²) in [5, 5.41) is 17.9. The molecule has 2 atom stereocenters. The highest BCUT2D eigenvalue weighted by Gasteiger charge is 2.47. The van der Waals surface area contributed by atoms with Gasteiger partial charge in [-0.15, -0.1) is 0 Å². The van der Waals surface area contributed by atoms with Crippen molar-refractivity contribution in [1.29, 1.82) is 0 Å². The lowest BCUT2D eigenvalue weighted by Crippen LogP contribution is -2.53. The van der Waals surface area contributed by atoms with Gasteiger partial charge in [0.05, 0.1) is 28.9 Å². The first-order valence-electron chi connectivity index (χ1n) is 10.3. The maximum atomic E-state index is 16.2. The number of anilines is 2. The van der Waals surface area contributed by atoms with Crippen LogP contribution in [-0.4, -0.2) is 54.0 Å². The van der Waals surface area contributed by atoms with E-state index < -0.39 is 35.0 Å². The number of nitrogens with zero attached hydrogens (tertiary/aromatic N) is 3. The predicted molar refractivity (Wildman–Crippen MR) is 124 cm³/mol. The van der Waals surface area contributed by atoms with Crippen molar-refractivity contribution >= 4 is 40.9 Å². The third-order valence-corrected chi connectivity index (χ3v) is 6.31. The zero-order chi connectivity index (χ0) is 25.0. The molecular formula is C22H23ClF2N6O3. The second-order valence-corrected chi connectivity index (χ2v) is 9.03. The van der Waals surface area contributed by atoms with Crippen LogP contribution in [0.4, 0.5) is 25.0 Å². The van der Waals surface area contributed by atoms with Gasteiger partial charge < -0.3 is 15.7 Å². The van der Waals surface area contributed by atoms with Gasteiger partial charge >= 0.3 is 6.09 Å². The quantitative estimate of drug-likeness (QED) is 0.522. The van der Waals surface area contributed by atoms with Crippen LogP contribution in [0.3, 0.4) is 0 Å². The Kier molecular flexibility index (Phi) is 5.65. The second-order valence-electron chi connectivity index (χ2n) is 8.60. The average Bonchev–Trinajstić information content (AvgIpc) is 3.10. The van der Waals surface area contributed by atoms with Crippen LogP contribution in [0.5, 0.6) is 0 Å². The number of carbonyl (C=O) groups is 2. The highest BCUT2D eigenvalue weighted by atomic mass is 35.5. The number of halogens is 3. The summed E-state index contributed by atoms with van der Waals surface area (Å²) in [6, 6.07) is 7.31. The first-order valence-corrected chi connectivity index (χ1v) is 10.6. The van der Waals surface area contributed by atoms with Crippen molar-refractivity contribution in [2.75, 3.05) is 31.8 Å². The van der Waals surface area contributed by atoms with Gasteiger partial charge in [0.25, 0.3) is 0 Å². The molecule has 4 N–H and O–H groups in total. The molecule has 4 rings (SSSR count). The fourth-order valence-corrected chi connectivity index (χ4v) is 4.44. The van der Waals surface area contributed by atoms with E-state index in [9.17, 15) is 9.59 Å². The summed E-state index contributed by atoms with van der Waals surface area (Å²) in [6.07, 6.45) is -1.67. The molecule has 0 aliphatic carbocycles. The van der Waals surface area contributed by atoms with E-state index in [2.05, 4.69) is 20.9 Å². The van der Waals surface area contributed by atoms with E-state index in [1.165, 1.54) is 20.0 Å². The highest BCUT2D eigenvalue weighted by Crippen LogP contribution is 2.45. The number of carbonyl (C=O) groups excluding carboxylic acids is 1.